The number of thioether (sulfide) groups is 1. The zero-order valence-corrected chi connectivity index (χ0v) is 9.65. The fourth-order valence-electron chi connectivity index (χ4n) is 0.707. The number of hydrogen-bond acceptors (Lipinski definition) is 6. The lowest BCUT2D eigenvalue weighted by molar-refractivity contribution is -0.131. The summed E-state index contributed by atoms with van der Waals surface area (Å²) >= 11 is 1.16. The van der Waals surface area contributed by atoms with Gasteiger partial charge in [-0.2, -0.15) is 11.8 Å². The molecule has 0 aromatic carbocycles. The molecule has 0 saturated carbocycles. The van der Waals surface area contributed by atoms with E-state index in [4.69, 9.17) is 20.0 Å². The lowest BCUT2D eigenvalue weighted by atomic mass is 10.1. The quantitative estimate of drug-likeness (QED) is 0.418. The Kier molecular flexibility index (Phi) is 6.62. The van der Waals surface area contributed by atoms with E-state index in [1.807, 2.05) is 0 Å². The van der Waals surface area contributed by atoms with Gasteiger partial charge >= 0.3 is 7.82 Å². The van der Waals surface area contributed by atoms with Crippen molar-refractivity contribution in [3.63, 3.8) is 0 Å². The number of ketones is 1. The Hall–Kier alpha value is 0.0500. The first kappa shape index (κ1) is 15.0. The molecule has 0 rings (SSSR count). The van der Waals surface area contributed by atoms with Gasteiger partial charge in [-0.15, -0.1) is 0 Å². The highest BCUT2D eigenvalue weighted by Crippen LogP contribution is 2.35. The second kappa shape index (κ2) is 6.59. The van der Waals surface area contributed by atoms with Crippen molar-refractivity contribution in [2.75, 3.05) is 18.6 Å². The van der Waals surface area contributed by atoms with E-state index < -0.39 is 32.4 Å². The summed E-state index contributed by atoms with van der Waals surface area (Å²) in [6.45, 7) is -0.800. The molecule has 0 aliphatic rings. The zero-order chi connectivity index (χ0) is 12.1. The average molecular weight is 260 g/mol. The van der Waals surface area contributed by atoms with Crippen LogP contribution in [-0.4, -0.2) is 56.6 Å². The molecule has 15 heavy (non-hydrogen) atoms. The molecule has 7 nitrogen and oxygen atoms in total. The molecule has 90 valence electrons. The minimum atomic E-state index is -4.69. The Bertz CT molecular complexity index is 252. The molecule has 0 heterocycles. The van der Waals surface area contributed by atoms with Crippen LogP contribution in [0.1, 0.15) is 0 Å². The highest BCUT2D eigenvalue weighted by molar-refractivity contribution is 7.99. The molecular formula is C6H13O7PS. The molecule has 0 bridgehead atoms. The van der Waals surface area contributed by atoms with Gasteiger partial charge in [0.05, 0.1) is 12.4 Å². The van der Waals surface area contributed by atoms with E-state index in [9.17, 15) is 9.36 Å². The van der Waals surface area contributed by atoms with Crippen LogP contribution in [0.3, 0.4) is 0 Å². The number of phosphoric acid groups is 1. The maximum atomic E-state index is 11.0. The molecule has 0 aromatic rings. The second-order valence-electron chi connectivity index (χ2n) is 2.70. The van der Waals surface area contributed by atoms with Gasteiger partial charge in [-0.1, -0.05) is 0 Å². The van der Waals surface area contributed by atoms with E-state index in [1.165, 1.54) is 0 Å². The number of carbonyl (C=O) groups is 1. The lowest BCUT2D eigenvalue weighted by Gasteiger charge is -2.16. The van der Waals surface area contributed by atoms with Gasteiger partial charge in [-0.05, 0) is 6.26 Å². The molecule has 2 atom stereocenters. The standard InChI is InChI=1S/C6H13O7PS/c1-15-3-5(8)6(9)4(7)2-13-14(10,11)12/h4,6-7,9H,2-3H2,1H3,(H2,10,11,12). The summed E-state index contributed by atoms with van der Waals surface area (Å²) in [7, 11) is -4.69. The lowest BCUT2D eigenvalue weighted by Crippen LogP contribution is -2.37. The fourth-order valence-corrected chi connectivity index (χ4v) is 1.51. The predicted octanol–water partition coefficient (Wildman–Crippen LogP) is -1.25. The molecule has 0 aliphatic carbocycles. The maximum absolute atomic E-state index is 11.0. The second-order valence-corrected chi connectivity index (χ2v) is 4.80. The third kappa shape index (κ3) is 7.02. The van der Waals surface area contributed by atoms with Crippen LogP contribution < -0.4 is 0 Å². The van der Waals surface area contributed by atoms with Gasteiger partial charge in [0.2, 0.25) is 0 Å². The van der Waals surface area contributed by atoms with Crippen molar-refractivity contribution in [3.8, 4) is 0 Å². The monoisotopic (exact) mass is 260 g/mol. The van der Waals surface area contributed by atoms with Crippen molar-refractivity contribution in [2.24, 2.45) is 0 Å². The Morgan fingerprint density at radius 2 is 2.00 bits per heavy atom. The van der Waals surface area contributed by atoms with Gasteiger partial charge in [-0.25, -0.2) is 4.57 Å². The molecule has 0 radical (unpaired) electrons. The van der Waals surface area contributed by atoms with E-state index in [0.717, 1.165) is 11.8 Å². The molecule has 0 amide bonds. The Morgan fingerprint density at radius 1 is 1.47 bits per heavy atom. The molecular weight excluding hydrogens is 247 g/mol. The number of Topliss-reactive ketones (excluding diaryl/α,β-unsaturated/α-hetero) is 1. The normalized spacial score (nSPS) is 16.1. The van der Waals surface area contributed by atoms with E-state index in [-0.39, 0.29) is 5.75 Å². The van der Waals surface area contributed by atoms with Gasteiger partial charge in [0, 0.05) is 0 Å². The number of carbonyl (C=O) groups excluding carboxylic acids is 1. The fraction of sp³-hybridized carbons (Fsp3) is 0.833. The molecule has 0 spiro atoms. The SMILES string of the molecule is CSCC(=O)C(O)C(O)COP(=O)(O)O. The molecule has 9 heteroatoms. The molecule has 0 saturated heterocycles. The Morgan fingerprint density at radius 3 is 2.40 bits per heavy atom. The minimum absolute atomic E-state index is 0.00807. The van der Waals surface area contributed by atoms with E-state index in [2.05, 4.69) is 4.52 Å². The number of aliphatic hydroxyl groups excluding tert-OH is 2. The number of hydrogen-bond donors (Lipinski definition) is 4. The molecule has 2 unspecified atom stereocenters. The first-order chi connectivity index (χ1) is 6.78. The number of phosphoric ester groups is 1. The van der Waals surface area contributed by atoms with Gasteiger partial charge in [0.25, 0.3) is 0 Å². The summed E-state index contributed by atoms with van der Waals surface area (Å²) in [4.78, 5) is 27.6. The van der Waals surface area contributed by atoms with Gasteiger partial charge in [0.1, 0.15) is 12.2 Å². The highest BCUT2D eigenvalue weighted by Gasteiger charge is 2.26. The van der Waals surface area contributed by atoms with E-state index in [1.54, 1.807) is 6.26 Å². The first-order valence-electron chi connectivity index (χ1n) is 3.86. The Balaban J connectivity index is 4.04. The summed E-state index contributed by atoms with van der Waals surface area (Å²) in [6, 6.07) is 0. The van der Waals surface area contributed by atoms with Crippen LogP contribution in [0.5, 0.6) is 0 Å². The summed E-state index contributed by atoms with van der Waals surface area (Å²) in [5.74, 6) is -0.613. The van der Waals surface area contributed by atoms with Gasteiger partial charge in [0.15, 0.2) is 5.78 Å². The van der Waals surface area contributed by atoms with Crippen LogP contribution in [0.25, 0.3) is 0 Å². The Labute approximate surface area is 90.7 Å². The van der Waals surface area contributed by atoms with Crippen molar-refractivity contribution in [3.05, 3.63) is 0 Å². The minimum Gasteiger partial charge on any atom is -0.388 e. The summed E-state index contributed by atoms with van der Waals surface area (Å²) in [5, 5.41) is 18.3. The summed E-state index contributed by atoms with van der Waals surface area (Å²) < 4.78 is 14.2. The average Bonchev–Trinajstić information content (AvgIpc) is 2.12. The van der Waals surface area contributed by atoms with Gasteiger partial charge < -0.3 is 20.0 Å². The highest BCUT2D eigenvalue weighted by atomic mass is 32.2. The topological polar surface area (TPSA) is 124 Å². The van der Waals surface area contributed by atoms with Gasteiger partial charge in [-0.3, -0.25) is 9.32 Å². The summed E-state index contributed by atoms with van der Waals surface area (Å²) in [5.41, 5.74) is 0. The van der Waals surface area contributed by atoms with Crippen molar-refractivity contribution in [2.45, 2.75) is 12.2 Å². The largest absolute Gasteiger partial charge is 0.469 e. The predicted molar refractivity (Wildman–Crippen MR) is 53.4 cm³/mol. The molecule has 0 aliphatic heterocycles. The van der Waals surface area contributed by atoms with E-state index >= 15 is 0 Å². The van der Waals surface area contributed by atoms with Crippen molar-refractivity contribution in [1.29, 1.82) is 0 Å². The van der Waals surface area contributed by atoms with Crippen molar-refractivity contribution in [1.82, 2.24) is 0 Å². The molecule has 0 fully saturated rings. The van der Waals surface area contributed by atoms with Crippen LogP contribution in [-0.2, 0) is 13.9 Å². The molecule has 0 aromatic heterocycles. The zero-order valence-electron chi connectivity index (χ0n) is 7.94. The van der Waals surface area contributed by atoms with Crippen molar-refractivity contribution >= 4 is 25.4 Å². The van der Waals surface area contributed by atoms with Crippen LogP contribution in [0.15, 0.2) is 0 Å². The van der Waals surface area contributed by atoms with Crippen LogP contribution in [0.2, 0.25) is 0 Å². The number of rotatable bonds is 7. The number of aliphatic hydroxyl groups is 2. The van der Waals surface area contributed by atoms with Crippen LogP contribution in [0, 0.1) is 0 Å². The third-order valence-electron chi connectivity index (χ3n) is 1.39. The first-order valence-corrected chi connectivity index (χ1v) is 6.78. The van der Waals surface area contributed by atoms with E-state index in [0.29, 0.717) is 0 Å². The molecule has 4 N–H and O–H groups in total. The summed E-state index contributed by atoms with van der Waals surface area (Å²) in [6.07, 6.45) is -1.69. The third-order valence-corrected chi connectivity index (χ3v) is 2.45. The van der Waals surface area contributed by atoms with Crippen molar-refractivity contribution < 1.29 is 33.9 Å². The van der Waals surface area contributed by atoms with Crippen LogP contribution >= 0.6 is 19.6 Å². The smallest absolute Gasteiger partial charge is 0.388 e. The maximum Gasteiger partial charge on any atom is 0.469 e. The van der Waals surface area contributed by atoms with Crippen LogP contribution in [0.4, 0.5) is 0 Å².